The number of esters is 1. The van der Waals surface area contributed by atoms with E-state index in [2.05, 4.69) is 17.2 Å². The van der Waals surface area contributed by atoms with Crippen LogP contribution in [0.5, 0.6) is 0 Å². The fraction of sp³-hybridized carbons (Fsp3) is 0.750. The number of ether oxygens (including phenoxy) is 1. The molecule has 0 spiro atoms. The minimum atomic E-state index is -0.453. The molecule has 4 fully saturated rings. The first kappa shape index (κ1) is 18.0. The molecule has 1 amide bonds. The van der Waals surface area contributed by atoms with Crippen molar-refractivity contribution in [2.45, 2.75) is 65.3 Å². The minimum Gasteiger partial charge on any atom is -0.451 e. The van der Waals surface area contributed by atoms with Crippen molar-refractivity contribution < 1.29 is 14.3 Å². The fourth-order valence-electron chi connectivity index (χ4n) is 6.06. The van der Waals surface area contributed by atoms with Gasteiger partial charge in [0.25, 0.3) is 5.91 Å². The Kier molecular flexibility index (Phi) is 4.58. The quantitative estimate of drug-likeness (QED) is 0.797. The average molecular weight is 377 g/mol. The highest BCUT2D eigenvalue weighted by molar-refractivity contribution is 7.13. The van der Waals surface area contributed by atoms with Gasteiger partial charge in [0.15, 0.2) is 6.61 Å². The first-order valence-electron chi connectivity index (χ1n) is 9.75. The maximum absolute atomic E-state index is 12.4. The molecule has 1 heterocycles. The van der Waals surface area contributed by atoms with E-state index < -0.39 is 5.97 Å². The van der Waals surface area contributed by atoms with Crippen molar-refractivity contribution in [2.75, 3.05) is 6.61 Å². The van der Waals surface area contributed by atoms with Crippen LogP contribution >= 0.6 is 11.3 Å². The number of hydrogen-bond donors (Lipinski definition) is 1. The number of aryl methyl sites for hydroxylation is 2. The monoisotopic (exact) mass is 376 g/mol. The van der Waals surface area contributed by atoms with Crippen molar-refractivity contribution in [3.05, 3.63) is 15.6 Å². The third-order valence-corrected chi connectivity index (χ3v) is 7.86. The van der Waals surface area contributed by atoms with E-state index in [0.717, 1.165) is 22.8 Å². The second kappa shape index (κ2) is 6.63. The van der Waals surface area contributed by atoms with Crippen molar-refractivity contribution in [3.63, 3.8) is 0 Å². The number of carbonyl (C=O) groups excluding carboxylic acids is 2. The first-order valence-corrected chi connectivity index (χ1v) is 10.6. The smallest absolute Gasteiger partial charge is 0.350 e. The van der Waals surface area contributed by atoms with Crippen LogP contribution in [0.25, 0.3) is 0 Å². The molecule has 5 rings (SSSR count). The molecule has 4 saturated carbocycles. The van der Waals surface area contributed by atoms with Crippen LogP contribution in [0.4, 0.5) is 0 Å². The molecule has 0 aromatic carbocycles. The highest BCUT2D eigenvalue weighted by Crippen LogP contribution is 2.61. The van der Waals surface area contributed by atoms with Crippen molar-refractivity contribution in [1.29, 1.82) is 0 Å². The highest BCUT2D eigenvalue weighted by atomic mass is 32.1. The summed E-state index contributed by atoms with van der Waals surface area (Å²) < 4.78 is 5.22. The van der Waals surface area contributed by atoms with Gasteiger partial charge in [-0.25, -0.2) is 9.78 Å². The SMILES string of the molecule is Cc1nc(C)c(C(=O)OCC(=O)N[C@H](C)C23CC4CC(CC(C4)C2)C3)s1. The Morgan fingerprint density at radius 1 is 1.19 bits per heavy atom. The van der Waals surface area contributed by atoms with Gasteiger partial charge in [-0.3, -0.25) is 4.79 Å². The molecular weight excluding hydrogens is 348 g/mol. The third kappa shape index (κ3) is 3.28. The maximum Gasteiger partial charge on any atom is 0.350 e. The van der Waals surface area contributed by atoms with E-state index in [9.17, 15) is 9.59 Å². The summed E-state index contributed by atoms with van der Waals surface area (Å²) in [5.41, 5.74) is 0.930. The summed E-state index contributed by atoms with van der Waals surface area (Å²) in [7, 11) is 0. The van der Waals surface area contributed by atoms with Crippen LogP contribution in [0.1, 0.15) is 65.8 Å². The minimum absolute atomic E-state index is 0.148. The Balaban J connectivity index is 1.32. The summed E-state index contributed by atoms with van der Waals surface area (Å²) >= 11 is 1.31. The molecule has 1 aromatic heterocycles. The van der Waals surface area contributed by atoms with Crippen LogP contribution in [0, 0.1) is 37.0 Å². The molecular formula is C20H28N2O3S. The van der Waals surface area contributed by atoms with E-state index >= 15 is 0 Å². The van der Waals surface area contributed by atoms with Gasteiger partial charge >= 0.3 is 5.97 Å². The molecule has 0 aliphatic heterocycles. The average Bonchev–Trinajstić information content (AvgIpc) is 2.90. The number of nitrogens with zero attached hydrogens (tertiary/aromatic N) is 1. The van der Waals surface area contributed by atoms with Crippen molar-refractivity contribution in [1.82, 2.24) is 10.3 Å². The van der Waals surface area contributed by atoms with Crippen LogP contribution in [0.2, 0.25) is 0 Å². The van der Waals surface area contributed by atoms with Crippen LogP contribution in [0.15, 0.2) is 0 Å². The van der Waals surface area contributed by atoms with Crippen molar-refractivity contribution in [2.24, 2.45) is 23.2 Å². The van der Waals surface area contributed by atoms with Gasteiger partial charge in [0.2, 0.25) is 0 Å². The summed E-state index contributed by atoms with van der Waals surface area (Å²) in [6.07, 6.45) is 7.93. The van der Waals surface area contributed by atoms with Gasteiger partial charge in [-0.1, -0.05) is 0 Å². The van der Waals surface area contributed by atoms with Gasteiger partial charge in [0.1, 0.15) is 4.88 Å². The van der Waals surface area contributed by atoms with Crippen LogP contribution < -0.4 is 5.32 Å². The molecule has 1 aromatic rings. The lowest BCUT2D eigenvalue weighted by Gasteiger charge is -2.59. The zero-order valence-electron chi connectivity index (χ0n) is 15.8. The van der Waals surface area contributed by atoms with E-state index in [1.165, 1.54) is 49.9 Å². The predicted molar refractivity (Wildman–Crippen MR) is 100 cm³/mol. The van der Waals surface area contributed by atoms with Crippen LogP contribution in [0.3, 0.4) is 0 Å². The number of nitrogens with one attached hydrogen (secondary N) is 1. The standard InChI is InChI=1S/C20H28N2O3S/c1-11-18(26-13(3)21-11)19(24)25-10-17(23)22-12(2)20-7-14-4-15(8-20)6-16(5-14)9-20/h12,14-16H,4-10H2,1-3H3,(H,22,23)/t12-,14?,15?,16?,20?/m1/s1. The lowest BCUT2D eigenvalue weighted by atomic mass is 9.48. The molecule has 4 aliphatic carbocycles. The topological polar surface area (TPSA) is 68.3 Å². The summed E-state index contributed by atoms with van der Waals surface area (Å²) in [5, 5.41) is 3.96. The van der Waals surface area contributed by atoms with E-state index in [-0.39, 0.29) is 24.0 Å². The molecule has 142 valence electrons. The summed E-state index contributed by atoms with van der Waals surface area (Å²) in [5.74, 6) is 1.93. The molecule has 0 saturated heterocycles. The second-order valence-electron chi connectivity index (χ2n) is 8.79. The summed E-state index contributed by atoms with van der Waals surface area (Å²) in [4.78, 5) is 29.3. The van der Waals surface area contributed by atoms with Gasteiger partial charge in [-0.15, -0.1) is 11.3 Å². The fourth-order valence-corrected chi connectivity index (χ4v) is 6.88. The normalized spacial score (nSPS) is 33.1. The lowest BCUT2D eigenvalue weighted by Crippen LogP contribution is -2.56. The van der Waals surface area contributed by atoms with Crippen molar-refractivity contribution >= 4 is 23.2 Å². The van der Waals surface area contributed by atoms with E-state index in [1.54, 1.807) is 6.92 Å². The second-order valence-corrected chi connectivity index (χ2v) is 10.00. The van der Waals surface area contributed by atoms with E-state index in [0.29, 0.717) is 10.6 Å². The Morgan fingerprint density at radius 3 is 2.27 bits per heavy atom. The van der Waals surface area contributed by atoms with Crippen LogP contribution in [-0.2, 0) is 9.53 Å². The van der Waals surface area contributed by atoms with Gasteiger partial charge in [-0.2, -0.15) is 0 Å². The molecule has 0 unspecified atom stereocenters. The molecule has 1 N–H and O–H groups in total. The number of rotatable bonds is 5. The Labute approximate surface area is 158 Å². The number of aromatic nitrogens is 1. The number of carbonyl (C=O) groups is 2. The predicted octanol–water partition coefficient (Wildman–Crippen LogP) is 3.64. The Bertz CT molecular complexity index is 691. The van der Waals surface area contributed by atoms with E-state index in [4.69, 9.17) is 4.74 Å². The molecule has 4 bridgehead atoms. The van der Waals surface area contributed by atoms with Gasteiger partial charge < -0.3 is 10.1 Å². The number of thiazole rings is 1. The lowest BCUT2D eigenvalue weighted by molar-refractivity contribution is -0.128. The highest BCUT2D eigenvalue weighted by Gasteiger charge is 2.53. The first-order chi connectivity index (χ1) is 12.3. The molecule has 6 heteroatoms. The van der Waals surface area contributed by atoms with Crippen LogP contribution in [-0.4, -0.2) is 29.5 Å². The maximum atomic E-state index is 12.4. The molecule has 26 heavy (non-hydrogen) atoms. The zero-order valence-corrected chi connectivity index (χ0v) is 16.7. The summed E-state index contributed by atoms with van der Waals surface area (Å²) in [6.45, 7) is 5.57. The van der Waals surface area contributed by atoms with E-state index in [1.807, 2.05) is 6.92 Å². The molecule has 1 atom stereocenters. The molecule has 0 radical (unpaired) electrons. The Hall–Kier alpha value is -1.43. The largest absolute Gasteiger partial charge is 0.451 e. The Morgan fingerprint density at radius 2 is 1.77 bits per heavy atom. The van der Waals surface area contributed by atoms with Gasteiger partial charge in [0, 0.05) is 6.04 Å². The molecule has 4 aliphatic rings. The van der Waals surface area contributed by atoms with Gasteiger partial charge in [0.05, 0.1) is 10.7 Å². The zero-order chi connectivity index (χ0) is 18.5. The molecule has 5 nitrogen and oxygen atoms in total. The summed E-state index contributed by atoms with van der Waals surface area (Å²) in [6, 6.07) is 0.148. The van der Waals surface area contributed by atoms with Gasteiger partial charge in [-0.05, 0) is 82.5 Å². The number of amides is 1. The third-order valence-electron chi connectivity index (χ3n) is 6.80. The number of hydrogen-bond acceptors (Lipinski definition) is 5. The van der Waals surface area contributed by atoms with Crippen molar-refractivity contribution in [3.8, 4) is 0 Å².